The number of hydrogen-bond acceptors (Lipinski definition) is 2. The number of para-hydroxylation sites is 1. The maximum atomic E-state index is 5.43. The van der Waals surface area contributed by atoms with Crippen molar-refractivity contribution in [2.24, 2.45) is 5.41 Å². The lowest BCUT2D eigenvalue weighted by molar-refractivity contribution is 0.297. The summed E-state index contributed by atoms with van der Waals surface area (Å²) in [7, 11) is 1.74. The van der Waals surface area contributed by atoms with Crippen molar-refractivity contribution in [2.75, 3.05) is 13.7 Å². The van der Waals surface area contributed by atoms with Gasteiger partial charge in [-0.05, 0) is 57.2 Å². The monoisotopic (exact) mass is 263 g/mol. The standard InChI is InChI=1S/C17H29NO/c1-16(2,3)18-12-11-17(4,5)13-14-9-7-8-10-15(14)19-6/h7-10,18H,11-13H2,1-6H3. The van der Waals surface area contributed by atoms with Gasteiger partial charge in [-0.15, -0.1) is 0 Å². The molecule has 0 heterocycles. The van der Waals surface area contributed by atoms with Crippen molar-refractivity contribution in [1.29, 1.82) is 0 Å². The molecule has 2 heteroatoms. The number of rotatable bonds is 6. The summed E-state index contributed by atoms with van der Waals surface area (Å²) in [6.07, 6.45) is 2.20. The third kappa shape index (κ3) is 6.11. The number of methoxy groups -OCH3 is 1. The van der Waals surface area contributed by atoms with Crippen LogP contribution in [0.15, 0.2) is 24.3 Å². The van der Waals surface area contributed by atoms with Crippen molar-refractivity contribution >= 4 is 0 Å². The van der Waals surface area contributed by atoms with Gasteiger partial charge < -0.3 is 10.1 Å². The Balaban J connectivity index is 2.58. The molecule has 108 valence electrons. The van der Waals surface area contributed by atoms with E-state index in [0.717, 1.165) is 25.1 Å². The van der Waals surface area contributed by atoms with Gasteiger partial charge in [0.05, 0.1) is 7.11 Å². The van der Waals surface area contributed by atoms with E-state index in [1.54, 1.807) is 7.11 Å². The molecule has 1 aromatic rings. The lowest BCUT2D eigenvalue weighted by atomic mass is 9.82. The Morgan fingerprint density at radius 1 is 1.05 bits per heavy atom. The molecule has 0 spiro atoms. The summed E-state index contributed by atoms with van der Waals surface area (Å²) in [5.41, 5.74) is 1.76. The summed E-state index contributed by atoms with van der Waals surface area (Å²) in [5.74, 6) is 0.999. The Morgan fingerprint density at radius 2 is 1.68 bits per heavy atom. The van der Waals surface area contributed by atoms with E-state index in [2.05, 4.69) is 52.1 Å². The second-order valence-electron chi connectivity index (χ2n) is 7.08. The van der Waals surface area contributed by atoms with Gasteiger partial charge in [-0.3, -0.25) is 0 Å². The van der Waals surface area contributed by atoms with E-state index in [1.165, 1.54) is 5.56 Å². The zero-order chi connectivity index (χ0) is 14.5. The molecule has 0 aromatic heterocycles. The normalized spacial score (nSPS) is 12.5. The van der Waals surface area contributed by atoms with Crippen LogP contribution in [-0.2, 0) is 6.42 Å². The highest BCUT2D eigenvalue weighted by molar-refractivity contribution is 5.33. The molecule has 1 N–H and O–H groups in total. The number of ether oxygens (including phenoxy) is 1. The number of hydrogen-bond donors (Lipinski definition) is 1. The average Bonchev–Trinajstić information content (AvgIpc) is 2.27. The zero-order valence-electron chi connectivity index (χ0n) is 13.3. The summed E-state index contributed by atoms with van der Waals surface area (Å²) in [6, 6.07) is 8.31. The van der Waals surface area contributed by atoms with Crippen LogP contribution in [0.25, 0.3) is 0 Å². The predicted octanol–water partition coefficient (Wildman–Crippen LogP) is 4.04. The lowest BCUT2D eigenvalue weighted by Gasteiger charge is -2.28. The Kier molecular flexibility index (Phi) is 5.42. The Hall–Kier alpha value is -1.02. The highest BCUT2D eigenvalue weighted by Crippen LogP contribution is 2.30. The maximum absolute atomic E-state index is 5.43. The summed E-state index contributed by atoms with van der Waals surface area (Å²) in [4.78, 5) is 0. The van der Waals surface area contributed by atoms with E-state index in [4.69, 9.17) is 4.74 Å². The van der Waals surface area contributed by atoms with Crippen LogP contribution in [0.1, 0.15) is 46.6 Å². The van der Waals surface area contributed by atoms with Gasteiger partial charge in [0, 0.05) is 5.54 Å². The first-order valence-corrected chi connectivity index (χ1v) is 7.10. The first-order valence-electron chi connectivity index (χ1n) is 7.10. The molecular weight excluding hydrogens is 234 g/mol. The molecule has 0 amide bonds. The van der Waals surface area contributed by atoms with Crippen molar-refractivity contribution in [3.8, 4) is 5.75 Å². The number of nitrogens with one attached hydrogen (secondary N) is 1. The summed E-state index contributed by atoms with van der Waals surface area (Å²) < 4.78 is 5.43. The Bertz CT molecular complexity index is 390. The minimum atomic E-state index is 0.195. The molecule has 0 radical (unpaired) electrons. The Labute approximate surface area is 118 Å². The minimum Gasteiger partial charge on any atom is -0.496 e. The molecule has 0 atom stereocenters. The van der Waals surface area contributed by atoms with E-state index in [1.807, 2.05) is 12.1 Å². The van der Waals surface area contributed by atoms with Gasteiger partial charge in [-0.25, -0.2) is 0 Å². The minimum absolute atomic E-state index is 0.195. The van der Waals surface area contributed by atoms with E-state index in [-0.39, 0.29) is 11.0 Å². The van der Waals surface area contributed by atoms with Gasteiger partial charge >= 0.3 is 0 Å². The second kappa shape index (κ2) is 6.42. The fourth-order valence-corrected chi connectivity index (χ4v) is 2.23. The van der Waals surface area contributed by atoms with E-state index < -0.39 is 0 Å². The van der Waals surface area contributed by atoms with Crippen LogP contribution in [0, 0.1) is 5.41 Å². The largest absolute Gasteiger partial charge is 0.496 e. The van der Waals surface area contributed by atoms with Gasteiger partial charge in [0.1, 0.15) is 5.75 Å². The van der Waals surface area contributed by atoms with E-state index >= 15 is 0 Å². The molecule has 0 aliphatic carbocycles. The maximum Gasteiger partial charge on any atom is 0.122 e. The van der Waals surface area contributed by atoms with Gasteiger partial charge in [-0.1, -0.05) is 32.0 Å². The Morgan fingerprint density at radius 3 is 2.26 bits per heavy atom. The topological polar surface area (TPSA) is 21.3 Å². The predicted molar refractivity (Wildman–Crippen MR) is 82.9 cm³/mol. The quantitative estimate of drug-likeness (QED) is 0.836. The van der Waals surface area contributed by atoms with E-state index in [9.17, 15) is 0 Å². The van der Waals surface area contributed by atoms with E-state index in [0.29, 0.717) is 0 Å². The molecule has 0 aliphatic heterocycles. The third-order valence-corrected chi connectivity index (χ3v) is 3.32. The van der Waals surface area contributed by atoms with Crippen LogP contribution in [0.4, 0.5) is 0 Å². The highest BCUT2D eigenvalue weighted by atomic mass is 16.5. The summed E-state index contributed by atoms with van der Waals surface area (Å²) >= 11 is 0. The molecule has 0 aliphatic rings. The van der Waals surface area contributed by atoms with Crippen LogP contribution in [-0.4, -0.2) is 19.2 Å². The van der Waals surface area contributed by atoms with Gasteiger partial charge in [0.2, 0.25) is 0 Å². The highest BCUT2D eigenvalue weighted by Gasteiger charge is 2.21. The SMILES string of the molecule is COc1ccccc1CC(C)(C)CCNC(C)(C)C. The average molecular weight is 263 g/mol. The third-order valence-electron chi connectivity index (χ3n) is 3.32. The lowest BCUT2D eigenvalue weighted by Crippen LogP contribution is -2.38. The van der Waals surface area contributed by atoms with Crippen LogP contribution in [0.5, 0.6) is 5.75 Å². The fourth-order valence-electron chi connectivity index (χ4n) is 2.23. The molecule has 0 bridgehead atoms. The summed E-state index contributed by atoms with van der Waals surface area (Å²) in [5, 5.41) is 3.56. The first kappa shape index (κ1) is 16.0. The van der Waals surface area contributed by atoms with Crippen molar-refractivity contribution < 1.29 is 4.74 Å². The molecule has 1 aromatic carbocycles. The van der Waals surface area contributed by atoms with Gasteiger partial charge in [0.15, 0.2) is 0 Å². The first-order chi connectivity index (χ1) is 8.73. The molecule has 19 heavy (non-hydrogen) atoms. The molecule has 1 rings (SSSR count). The van der Waals surface area contributed by atoms with Crippen molar-refractivity contribution in [3.05, 3.63) is 29.8 Å². The number of benzene rings is 1. The summed E-state index contributed by atoms with van der Waals surface area (Å²) in [6.45, 7) is 12.3. The fraction of sp³-hybridized carbons (Fsp3) is 0.647. The van der Waals surface area contributed by atoms with Crippen LogP contribution in [0.2, 0.25) is 0 Å². The van der Waals surface area contributed by atoms with Gasteiger partial charge in [0.25, 0.3) is 0 Å². The van der Waals surface area contributed by atoms with Gasteiger partial charge in [-0.2, -0.15) is 0 Å². The molecule has 0 saturated carbocycles. The second-order valence-corrected chi connectivity index (χ2v) is 7.08. The van der Waals surface area contributed by atoms with Crippen molar-refractivity contribution in [1.82, 2.24) is 5.32 Å². The smallest absolute Gasteiger partial charge is 0.122 e. The van der Waals surface area contributed by atoms with Crippen LogP contribution < -0.4 is 10.1 Å². The molecular formula is C17H29NO. The molecule has 0 fully saturated rings. The molecule has 0 saturated heterocycles. The zero-order valence-corrected chi connectivity index (χ0v) is 13.3. The van der Waals surface area contributed by atoms with Crippen LogP contribution in [0.3, 0.4) is 0 Å². The molecule has 2 nitrogen and oxygen atoms in total. The molecule has 0 unspecified atom stereocenters. The van der Waals surface area contributed by atoms with Crippen molar-refractivity contribution in [2.45, 2.75) is 53.0 Å². The van der Waals surface area contributed by atoms with Crippen LogP contribution >= 0.6 is 0 Å². The van der Waals surface area contributed by atoms with Crippen molar-refractivity contribution in [3.63, 3.8) is 0 Å².